The lowest BCUT2D eigenvalue weighted by molar-refractivity contribution is 0.0643. The van der Waals surface area contributed by atoms with E-state index in [4.69, 9.17) is 23.2 Å². The maximum atomic E-state index is 12.8. The fourth-order valence-electron chi connectivity index (χ4n) is 3.55. The second kappa shape index (κ2) is 8.57. The van der Waals surface area contributed by atoms with Crippen LogP contribution in [0.4, 0.5) is 0 Å². The average Bonchev–Trinajstić information content (AvgIpc) is 3.23. The van der Waals surface area contributed by atoms with Gasteiger partial charge >= 0.3 is 0 Å². The molecule has 1 aliphatic rings. The lowest BCUT2D eigenvalue weighted by Crippen LogP contribution is -2.48. The van der Waals surface area contributed by atoms with Crippen molar-refractivity contribution in [3.8, 4) is 22.5 Å². The molecule has 0 unspecified atom stereocenters. The number of halogens is 2. The monoisotopic (exact) mass is 428 g/mol. The fourth-order valence-corrected chi connectivity index (χ4v) is 4.06. The predicted octanol–water partition coefficient (Wildman–Crippen LogP) is 4.83. The van der Waals surface area contributed by atoms with E-state index in [2.05, 4.69) is 22.0 Å². The second-order valence-corrected chi connectivity index (χ2v) is 7.94. The molecule has 29 heavy (non-hydrogen) atoms. The summed E-state index contributed by atoms with van der Waals surface area (Å²) in [5, 5.41) is 8.57. The zero-order valence-corrected chi connectivity index (χ0v) is 17.7. The molecule has 1 fully saturated rings. The summed E-state index contributed by atoms with van der Waals surface area (Å²) in [4.78, 5) is 17.0. The van der Waals surface area contributed by atoms with E-state index in [1.54, 1.807) is 12.1 Å². The summed E-state index contributed by atoms with van der Waals surface area (Å²) in [6.45, 7) is 6.60. The fraction of sp³-hybridized carbons (Fsp3) is 0.273. The standard InChI is InChI=1S/C22H22Cl2N4O/c1-2-27-9-11-28(12-10-27)22(29)16-5-3-15(4-6-16)20-14-21(26-25-20)18-8-7-17(23)13-19(18)24/h3-8,13-14H,2,9-12H2,1H3,(H,25,26). The minimum Gasteiger partial charge on any atom is -0.336 e. The maximum absolute atomic E-state index is 12.8. The Morgan fingerprint density at radius 3 is 2.41 bits per heavy atom. The van der Waals surface area contributed by atoms with Crippen molar-refractivity contribution in [1.82, 2.24) is 20.0 Å². The zero-order chi connectivity index (χ0) is 20.4. The number of aromatic amines is 1. The molecule has 0 radical (unpaired) electrons. The molecule has 5 nitrogen and oxygen atoms in total. The average molecular weight is 429 g/mol. The molecule has 3 aromatic rings. The van der Waals surface area contributed by atoms with Gasteiger partial charge in [-0.15, -0.1) is 0 Å². The number of hydrogen-bond acceptors (Lipinski definition) is 3. The highest BCUT2D eigenvalue weighted by molar-refractivity contribution is 6.36. The maximum Gasteiger partial charge on any atom is 0.253 e. The Balaban J connectivity index is 1.48. The lowest BCUT2D eigenvalue weighted by Gasteiger charge is -2.34. The van der Waals surface area contributed by atoms with Crippen LogP contribution in [0.15, 0.2) is 48.5 Å². The van der Waals surface area contributed by atoms with E-state index in [1.807, 2.05) is 41.3 Å². The van der Waals surface area contributed by atoms with Crippen LogP contribution in [0.1, 0.15) is 17.3 Å². The summed E-state index contributed by atoms with van der Waals surface area (Å²) in [7, 11) is 0. The molecule has 1 aliphatic heterocycles. The van der Waals surface area contributed by atoms with Gasteiger partial charge in [0.2, 0.25) is 0 Å². The topological polar surface area (TPSA) is 52.2 Å². The van der Waals surface area contributed by atoms with Crippen molar-refractivity contribution in [2.75, 3.05) is 32.7 Å². The van der Waals surface area contributed by atoms with Crippen molar-refractivity contribution < 1.29 is 4.79 Å². The van der Waals surface area contributed by atoms with Crippen LogP contribution in [0.3, 0.4) is 0 Å². The molecular weight excluding hydrogens is 407 g/mol. The number of likely N-dealkylation sites (N-methyl/N-ethyl adjacent to an activating group) is 1. The van der Waals surface area contributed by atoms with Crippen molar-refractivity contribution in [1.29, 1.82) is 0 Å². The summed E-state index contributed by atoms with van der Waals surface area (Å²) in [5.41, 5.74) is 4.09. The molecule has 2 heterocycles. The van der Waals surface area contributed by atoms with Crippen molar-refractivity contribution >= 4 is 29.1 Å². The van der Waals surface area contributed by atoms with Gasteiger partial charge in [0.25, 0.3) is 5.91 Å². The third-order valence-electron chi connectivity index (χ3n) is 5.33. The predicted molar refractivity (Wildman–Crippen MR) is 117 cm³/mol. The molecule has 7 heteroatoms. The van der Waals surface area contributed by atoms with Crippen LogP contribution in [0.25, 0.3) is 22.5 Å². The lowest BCUT2D eigenvalue weighted by atomic mass is 10.1. The van der Waals surface area contributed by atoms with E-state index in [0.29, 0.717) is 15.6 Å². The second-order valence-electron chi connectivity index (χ2n) is 7.09. The highest BCUT2D eigenvalue weighted by atomic mass is 35.5. The molecule has 0 bridgehead atoms. The van der Waals surface area contributed by atoms with E-state index >= 15 is 0 Å². The van der Waals surface area contributed by atoms with Gasteiger partial charge in [0.05, 0.1) is 16.4 Å². The molecule has 0 aliphatic carbocycles. The third-order valence-corrected chi connectivity index (χ3v) is 5.88. The van der Waals surface area contributed by atoms with E-state index in [1.165, 1.54) is 0 Å². The largest absolute Gasteiger partial charge is 0.336 e. The number of amides is 1. The summed E-state index contributed by atoms with van der Waals surface area (Å²) in [5.74, 6) is 0.0861. The number of aromatic nitrogens is 2. The van der Waals surface area contributed by atoms with Crippen LogP contribution in [0, 0.1) is 0 Å². The third kappa shape index (κ3) is 4.32. The molecule has 2 aromatic carbocycles. The molecule has 0 spiro atoms. The first kappa shape index (κ1) is 20.0. The molecule has 1 saturated heterocycles. The smallest absolute Gasteiger partial charge is 0.253 e. The van der Waals surface area contributed by atoms with Crippen LogP contribution < -0.4 is 0 Å². The van der Waals surface area contributed by atoms with E-state index in [-0.39, 0.29) is 5.91 Å². The summed E-state index contributed by atoms with van der Waals surface area (Å²) in [6.07, 6.45) is 0. The van der Waals surface area contributed by atoms with Crippen LogP contribution in [-0.4, -0.2) is 58.6 Å². The number of nitrogens with zero attached hydrogens (tertiary/aromatic N) is 3. The number of piperazine rings is 1. The van der Waals surface area contributed by atoms with Crippen molar-refractivity contribution in [2.45, 2.75) is 6.92 Å². The number of carbonyl (C=O) groups excluding carboxylic acids is 1. The van der Waals surface area contributed by atoms with Gasteiger partial charge < -0.3 is 9.80 Å². The van der Waals surface area contributed by atoms with E-state index in [0.717, 1.165) is 55.2 Å². The van der Waals surface area contributed by atoms with Gasteiger partial charge in [-0.3, -0.25) is 9.89 Å². The van der Waals surface area contributed by atoms with Crippen molar-refractivity contribution in [2.24, 2.45) is 0 Å². The van der Waals surface area contributed by atoms with E-state index in [9.17, 15) is 4.79 Å². The van der Waals surface area contributed by atoms with Crippen LogP contribution in [-0.2, 0) is 0 Å². The SMILES string of the molecule is CCN1CCN(C(=O)c2ccc(-c3cc(-c4ccc(Cl)cc4Cl)[nH]n3)cc2)CC1. The van der Waals surface area contributed by atoms with Gasteiger partial charge in [-0.25, -0.2) is 0 Å². The number of nitrogens with one attached hydrogen (secondary N) is 1. The van der Waals surface area contributed by atoms with Gasteiger partial charge in [0, 0.05) is 47.9 Å². The molecule has 0 saturated carbocycles. The molecule has 0 atom stereocenters. The van der Waals surface area contributed by atoms with Gasteiger partial charge in [-0.1, -0.05) is 42.3 Å². The quantitative estimate of drug-likeness (QED) is 0.647. The molecule has 1 N–H and O–H groups in total. The summed E-state index contributed by atoms with van der Waals surface area (Å²) >= 11 is 12.3. The Labute approximate surface area is 180 Å². The Bertz CT molecular complexity index is 1010. The van der Waals surface area contributed by atoms with Crippen molar-refractivity contribution in [3.05, 3.63) is 64.1 Å². The number of carbonyl (C=O) groups is 1. The zero-order valence-electron chi connectivity index (χ0n) is 16.2. The first-order valence-corrected chi connectivity index (χ1v) is 10.4. The molecule has 1 amide bonds. The van der Waals surface area contributed by atoms with Gasteiger partial charge in [-0.05, 0) is 42.9 Å². The summed E-state index contributed by atoms with van der Waals surface area (Å²) in [6, 6.07) is 14.9. The highest BCUT2D eigenvalue weighted by Crippen LogP contribution is 2.31. The number of H-pyrrole nitrogens is 1. The van der Waals surface area contributed by atoms with Gasteiger partial charge in [0.1, 0.15) is 0 Å². The Morgan fingerprint density at radius 2 is 1.76 bits per heavy atom. The number of hydrogen-bond donors (Lipinski definition) is 1. The Hall–Kier alpha value is -2.34. The number of benzene rings is 2. The Morgan fingerprint density at radius 1 is 1.03 bits per heavy atom. The minimum absolute atomic E-state index is 0.0861. The molecule has 4 rings (SSSR count). The van der Waals surface area contributed by atoms with Crippen LogP contribution in [0.5, 0.6) is 0 Å². The molecule has 150 valence electrons. The van der Waals surface area contributed by atoms with E-state index < -0.39 is 0 Å². The minimum atomic E-state index is 0.0861. The highest BCUT2D eigenvalue weighted by Gasteiger charge is 2.21. The van der Waals surface area contributed by atoms with Crippen LogP contribution in [0.2, 0.25) is 10.0 Å². The first-order valence-electron chi connectivity index (χ1n) is 9.68. The Kier molecular flexibility index (Phi) is 5.90. The van der Waals surface area contributed by atoms with Gasteiger partial charge in [0.15, 0.2) is 0 Å². The molecular formula is C22H22Cl2N4O. The first-order chi connectivity index (χ1) is 14.0. The number of rotatable bonds is 4. The van der Waals surface area contributed by atoms with Crippen LogP contribution >= 0.6 is 23.2 Å². The van der Waals surface area contributed by atoms with Gasteiger partial charge in [-0.2, -0.15) is 5.10 Å². The van der Waals surface area contributed by atoms with Crippen molar-refractivity contribution in [3.63, 3.8) is 0 Å². The normalized spacial score (nSPS) is 14.9. The summed E-state index contributed by atoms with van der Waals surface area (Å²) < 4.78 is 0. The molecule has 1 aromatic heterocycles.